The van der Waals surface area contributed by atoms with E-state index >= 15 is 0 Å². The quantitative estimate of drug-likeness (QED) is 0.754. The molecule has 0 unspecified atom stereocenters. The van der Waals surface area contributed by atoms with Gasteiger partial charge in [-0.3, -0.25) is 4.68 Å². The molecular weight excluding hydrogens is 300 g/mol. The molecule has 2 aromatic rings. The number of aryl methyl sites for hydroxylation is 1. The standard InChI is InChI=1S/C10H9ClN2O.C5H12O.C2H6/c1-7-9-6-8(11)2-3-10(9)13(12-7)4-5-14;1-5(2,3)6-4;1-2/h2-3,5-6H,4H2,1H3;1-4H3;1-2H3. The molecule has 0 amide bonds. The Hall–Kier alpha value is -1.39. The Balaban J connectivity index is 0.000000470. The van der Waals surface area contributed by atoms with Crippen molar-refractivity contribution in [1.82, 2.24) is 9.78 Å². The summed E-state index contributed by atoms with van der Waals surface area (Å²) in [6.45, 7) is 12.2. The third-order valence-electron chi connectivity index (χ3n) is 2.76. The van der Waals surface area contributed by atoms with Gasteiger partial charge in [0.05, 0.1) is 23.4 Å². The average Bonchev–Trinajstić information content (AvgIpc) is 2.78. The van der Waals surface area contributed by atoms with Crippen molar-refractivity contribution < 1.29 is 9.53 Å². The molecule has 0 radical (unpaired) electrons. The largest absolute Gasteiger partial charge is 0.379 e. The van der Waals surface area contributed by atoms with E-state index in [9.17, 15) is 4.79 Å². The fraction of sp³-hybridized carbons (Fsp3) is 0.529. The number of rotatable bonds is 2. The highest BCUT2D eigenvalue weighted by atomic mass is 35.5. The second-order valence-electron chi connectivity index (χ2n) is 5.41. The molecular formula is C17H27ClN2O2. The zero-order valence-corrected chi connectivity index (χ0v) is 15.4. The number of ether oxygens (including phenoxy) is 1. The van der Waals surface area contributed by atoms with Gasteiger partial charge < -0.3 is 9.53 Å². The lowest BCUT2D eigenvalue weighted by Gasteiger charge is -2.14. The van der Waals surface area contributed by atoms with Gasteiger partial charge in [0.2, 0.25) is 0 Å². The van der Waals surface area contributed by atoms with Gasteiger partial charge in [-0.2, -0.15) is 5.10 Å². The van der Waals surface area contributed by atoms with E-state index in [4.69, 9.17) is 16.3 Å². The minimum absolute atomic E-state index is 0.0417. The Morgan fingerprint density at radius 1 is 1.32 bits per heavy atom. The van der Waals surface area contributed by atoms with E-state index in [0.717, 1.165) is 22.9 Å². The van der Waals surface area contributed by atoms with Crippen LogP contribution >= 0.6 is 11.6 Å². The highest BCUT2D eigenvalue weighted by Gasteiger charge is 2.06. The number of benzene rings is 1. The number of aromatic nitrogens is 2. The minimum Gasteiger partial charge on any atom is -0.379 e. The van der Waals surface area contributed by atoms with Crippen molar-refractivity contribution in [2.75, 3.05) is 7.11 Å². The molecule has 0 atom stereocenters. The van der Waals surface area contributed by atoms with E-state index in [0.29, 0.717) is 5.02 Å². The molecule has 0 aliphatic carbocycles. The summed E-state index contributed by atoms with van der Waals surface area (Å²) >= 11 is 5.87. The summed E-state index contributed by atoms with van der Waals surface area (Å²) in [6, 6.07) is 5.54. The average molecular weight is 327 g/mol. The summed E-state index contributed by atoms with van der Waals surface area (Å²) in [5.74, 6) is 0. The van der Waals surface area contributed by atoms with E-state index < -0.39 is 0 Å². The van der Waals surface area contributed by atoms with Gasteiger partial charge in [0, 0.05) is 17.5 Å². The molecule has 124 valence electrons. The van der Waals surface area contributed by atoms with Crippen molar-refractivity contribution in [3.8, 4) is 0 Å². The van der Waals surface area contributed by atoms with Crippen LogP contribution in [0.15, 0.2) is 18.2 Å². The molecule has 0 N–H and O–H groups in total. The number of fused-ring (bicyclic) bond motifs is 1. The monoisotopic (exact) mass is 326 g/mol. The van der Waals surface area contributed by atoms with Gasteiger partial charge in [0.25, 0.3) is 0 Å². The molecule has 22 heavy (non-hydrogen) atoms. The van der Waals surface area contributed by atoms with Crippen LogP contribution in [0.5, 0.6) is 0 Å². The zero-order chi connectivity index (χ0) is 17.3. The lowest BCUT2D eigenvalue weighted by atomic mass is 10.2. The normalized spacial score (nSPS) is 10.4. The maximum atomic E-state index is 10.4. The summed E-state index contributed by atoms with van der Waals surface area (Å²) < 4.78 is 6.61. The molecule has 0 aliphatic rings. The van der Waals surface area contributed by atoms with Crippen LogP contribution < -0.4 is 0 Å². The van der Waals surface area contributed by atoms with Crippen molar-refractivity contribution >= 4 is 28.8 Å². The fourth-order valence-corrected chi connectivity index (χ4v) is 1.69. The van der Waals surface area contributed by atoms with Crippen LogP contribution in [0.3, 0.4) is 0 Å². The predicted octanol–water partition coefficient (Wildman–Crippen LogP) is 4.65. The maximum Gasteiger partial charge on any atom is 0.141 e. The van der Waals surface area contributed by atoms with E-state index in [1.54, 1.807) is 17.9 Å². The third-order valence-corrected chi connectivity index (χ3v) is 2.99. The fourth-order valence-electron chi connectivity index (χ4n) is 1.52. The van der Waals surface area contributed by atoms with Gasteiger partial charge in [-0.05, 0) is 45.9 Å². The van der Waals surface area contributed by atoms with E-state index in [2.05, 4.69) is 5.10 Å². The van der Waals surface area contributed by atoms with Crippen molar-refractivity contribution in [2.24, 2.45) is 0 Å². The molecule has 0 saturated heterocycles. The first kappa shape index (κ1) is 20.6. The smallest absolute Gasteiger partial charge is 0.141 e. The molecule has 0 aliphatic heterocycles. The number of halogens is 1. The molecule has 5 heteroatoms. The molecule has 1 heterocycles. The Morgan fingerprint density at radius 3 is 2.32 bits per heavy atom. The number of hydrogen-bond acceptors (Lipinski definition) is 3. The van der Waals surface area contributed by atoms with Gasteiger partial charge in [-0.25, -0.2) is 0 Å². The molecule has 4 nitrogen and oxygen atoms in total. The lowest BCUT2D eigenvalue weighted by molar-refractivity contribution is -0.108. The highest BCUT2D eigenvalue weighted by molar-refractivity contribution is 6.31. The van der Waals surface area contributed by atoms with Crippen LogP contribution in [-0.2, 0) is 16.1 Å². The Bertz CT molecular complexity index is 586. The van der Waals surface area contributed by atoms with E-state index in [1.807, 2.05) is 53.7 Å². The van der Waals surface area contributed by atoms with Gasteiger partial charge in [0.15, 0.2) is 0 Å². The number of methoxy groups -OCH3 is 1. The number of aldehydes is 1. The second kappa shape index (κ2) is 9.59. The first-order valence-electron chi connectivity index (χ1n) is 7.40. The Morgan fingerprint density at radius 2 is 1.86 bits per heavy atom. The second-order valence-corrected chi connectivity index (χ2v) is 5.85. The Labute approximate surface area is 138 Å². The number of nitrogens with zero attached hydrogens (tertiary/aromatic N) is 2. The third kappa shape index (κ3) is 6.58. The summed E-state index contributed by atoms with van der Waals surface area (Å²) in [6.07, 6.45) is 0.834. The van der Waals surface area contributed by atoms with Crippen LogP contribution in [0, 0.1) is 6.92 Å². The molecule has 0 spiro atoms. The summed E-state index contributed by atoms with van der Waals surface area (Å²) in [7, 11) is 1.71. The van der Waals surface area contributed by atoms with Gasteiger partial charge in [0.1, 0.15) is 6.29 Å². The van der Waals surface area contributed by atoms with Crippen LogP contribution in [-0.4, -0.2) is 28.8 Å². The van der Waals surface area contributed by atoms with Crippen molar-refractivity contribution in [2.45, 2.75) is 53.7 Å². The van der Waals surface area contributed by atoms with Crippen LogP contribution in [0.2, 0.25) is 5.02 Å². The Kier molecular flexibility index (Phi) is 8.99. The summed E-state index contributed by atoms with van der Waals surface area (Å²) in [5, 5.41) is 5.93. The van der Waals surface area contributed by atoms with Crippen LogP contribution in [0.4, 0.5) is 0 Å². The van der Waals surface area contributed by atoms with E-state index in [1.165, 1.54) is 0 Å². The SMILES string of the molecule is CC.COC(C)(C)C.Cc1nn(CC=O)c2ccc(Cl)cc12. The molecule has 0 fully saturated rings. The molecule has 2 rings (SSSR count). The van der Waals surface area contributed by atoms with Gasteiger partial charge >= 0.3 is 0 Å². The first-order valence-corrected chi connectivity index (χ1v) is 7.77. The minimum atomic E-state index is 0.0417. The van der Waals surface area contributed by atoms with Crippen LogP contribution in [0.25, 0.3) is 10.9 Å². The van der Waals surface area contributed by atoms with Crippen molar-refractivity contribution in [3.05, 3.63) is 28.9 Å². The molecule has 1 aromatic carbocycles. The van der Waals surface area contributed by atoms with Crippen molar-refractivity contribution in [1.29, 1.82) is 0 Å². The maximum absolute atomic E-state index is 10.4. The van der Waals surface area contributed by atoms with Crippen molar-refractivity contribution in [3.63, 3.8) is 0 Å². The molecule has 0 bridgehead atoms. The highest BCUT2D eigenvalue weighted by Crippen LogP contribution is 2.21. The van der Waals surface area contributed by atoms with Crippen LogP contribution in [0.1, 0.15) is 40.3 Å². The van der Waals surface area contributed by atoms with E-state index in [-0.39, 0.29) is 12.1 Å². The number of carbonyl (C=O) groups excluding carboxylic acids is 1. The lowest BCUT2D eigenvalue weighted by Crippen LogP contribution is -2.15. The molecule has 1 aromatic heterocycles. The predicted molar refractivity (Wildman–Crippen MR) is 93.7 cm³/mol. The zero-order valence-electron chi connectivity index (χ0n) is 14.6. The summed E-state index contributed by atoms with van der Waals surface area (Å²) in [4.78, 5) is 10.4. The first-order chi connectivity index (χ1) is 10.3. The molecule has 0 saturated carbocycles. The van der Waals surface area contributed by atoms with Gasteiger partial charge in [-0.1, -0.05) is 25.4 Å². The summed E-state index contributed by atoms with van der Waals surface area (Å²) in [5.41, 5.74) is 1.88. The number of hydrogen-bond donors (Lipinski definition) is 0. The topological polar surface area (TPSA) is 44.1 Å². The van der Waals surface area contributed by atoms with Gasteiger partial charge in [-0.15, -0.1) is 0 Å². The number of carbonyl (C=O) groups is 1.